The number of nitrogens with zero attached hydrogens (tertiary/aromatic N) is 1. The van der Waals surface area contributed by atoms with Crippen molar-refractivity contribution in [2.75, 3.05) is 13.2 Å². The Bertz CT molecular complexity index is 1310. The summed E-state index contributed by atoms with van der Waals surface area (Å²) in [6.07, 6.45) is 1.53. The van der Waals surface area contributed by atoms with E-state index in [4.69, 9.17) is 18.9 Å². The zero-order chi connectivity index (χ0) is 24.8. The molecule has 7 nitrogen and oxygen atoms in total. The highest BCUT2D eigenvalue weighted by molar-refractivity contribution is 9.10. The van der Waals surface area contributed by atoms with E-state index in [0.717, 1.165) is 4.47 Å². The van der Waals surface area contributed by atoms with Crippen LogP contribution in [0.4, 0.5) is 0 Å². The third kappa shape index (κ3) is 5.78. The molecule has 1 aliphatic rings. The van der Waals surface area contributed by atoms with E-state index in [1.165, 1.54) is 6.08 Å². The first-order valence-corrected chi connectivity index (χ1v) is 11.8. The Morgan fingerprint density at radius 2 is 1.66 bits per heavy atom. The Kier molecular flexibility index (Phi) is 7.62. The first-order chi connectivity index (χ1) is 17.0. The highest BCUT2D eigenvalue weighted by Gasteiger charge is 2.25. The maximum atomic E-state index is 12.6. The molecule has 3 aromatic carbocycles. The summed E-state index contributed by atoms with van der Waals surface area (Å²) in [5, 5.41) is 0. The van der Waals surface area contributed by atoms with Crippen molar-refractivity contribution in [3.8, 4) is 17.2 Å². The number of aliphatic imine (C=N–C) groups is 1. The monoisotopic (exact) mass is 535 g/mol. The van der Waals surface area contributed by atoms with Gasteiger partial charge in [0.1, 0.15) is 5.75 Å². The molecular formula is C27H22BrNO6. The fraction of sp³-hybridized carbons (Fsp3) is 0.148. The van der Waals surface area contributed by atoms with Gasteiger partial charge in [0.05, 0.1) is 18.8 Å². The van der Waals surface area contributed by atoms with Crippen LogP contribution in [0.25, 0.3) is 6.08 Å². The van der Waals surface area contributed by atoms with E-state index in [0.29, 0.717) is 47.2 Å². The van der Waals surface area contributed by atoms with Crippen molar-refractivity contribution in [3.05, 3.63) is 93.6 Å². The van der Waals surface area contributed by atoms with Crippen molar-refractivity contribution in [1.29, 1.82) is 0 Å². The lowest BCUT2D eigenvalue weighted by molar-refractivity contribution is -0.129. The van der Waals surface area contributed by atoms with Gasteiger partial charge >= 0.3 is 11.9 Å². The molecule has 0 bridgehead atoms. The van der Waals surface area contributed by atoms with Crippen LogP contribution in [0.15, 0.2) is 81.9 Å². The fourth-order valence-electron chi connectivity index (χ4n) is 3.30. The van der Waals surface area contributed by atoms with Crippen LogP contribution in [-0.4, -0.2) is 31.1 Å². The van der Waals surface area contributed by atoms with Crippen LogP contribution in [0.1, 0.15) is 35.3 Å². The first kappa shape index (κ1) is 24.2. The molecule has 0 N–H and O–H groups in total. The first-order valence-electron chi connectivity index (χ1n) is 11.0. The van der Waals surface area contributed by atoms with Gasteiger partial charge in [-0.1, -0.05) is 34.1 Å². The minimum absolute atomic E-state index is 0.0824. The van der Waals surface area contributed by atoms with E-state index in [9.17, 15) is 9.59 Å². The second-order valence-corrected chi connectivity index (χ2v) is 8.21. The topological polar surface area (TPSA) is 83.4 Å². The number of cyclic esters (lactones) is 1. The van der Waals surface area contributed by atoms with Crippen molar-refractivity contribution in [2.24, 2.45) is 4.99 Å². The number of rotatable bonds is 8. The highest BCUT2D eigenvalue weighted by Crippen LogP contribution is 2.31. The lowest BCUT2D eigenvalue weighted by atomic mass is 10.1. The van der Waals surface area contributed by atoms with E-state index in [1.807, 2.05) is 13.8 Å². The number of ether oxygens (including phenoxy) is 4. The zero-order valence-electron chi connectivity index (χ0n) is 19.1. The second kappa shape index (κ2) is 11.0. The summed E-state index contributed by atoms with van der Waals surface area (Å²) in [5.74, 6) is 0.451. The summed E-state index contributed by atoms with van der Waals surface area (Å²) in [7, 11) is 0. The summed E-state index contributed by atoms with van der Waals surface area (Å²) in [5.41, 5.74) is 1.57. The van der Waals surface area contributed by atoms with Crippen LogP contribution >= 0.6 is 15.9 Å². The molecule has 0 fully saturated rings. The molecule has 3 aromatic rings. The zero-order valence-corrected chi connectivity index (χ0v) is 20.7. The van der Waals surface area contributed by atoms with Crippen LogP contribution in [0.5, 0.6) is 17.2 Å². The van der Waals surface area contributed by atoms with Gasteiger partial charge in [-0.15, -0.1) is 0 Å². The van der Waals surface area contributed by atoms with Gasteiger partial charge in [0.15, 0.2) is 17.2 Å². The minimum Gasteiger partial charge on any atom is -0.490 e. The molecule has 4 rings (SSSR count). The number of para-hydroxylation sites is 1. The summed E-state index contributed by atoms with van der Waals surface area (Å²) in [4.78, 5) is 29.5. The van der Waals surface area contributed by atoms with Crippen LogP contribution in [0.2, 0.25) is 0 Å². The lowest BCUT2D eigenvalue weighted by Gasteiger charge is -2.11. The highest BCUT2D eigenvalue weighted by atomic mass is 79.9. The minimum atomic E-state index is -0.610. The molecule has 0 unspecified atom stereocenters. The maximum absolute atomic E-state index is 12.6. The van der Waals surface area contributed by atoms with Crippen molar-refractivity contribution < 1.29 is 28.5 Å². The number of hydrogen-bond donors (Lipinski definition) is 0. The normalized spacial score (nSPS) is 13.9. The molecule has 1 heterocycles. The molecule has 0 atom stereocenters. The molecule has 0 spiro atoms. The third-order valence-electron chi connectivity index (χ3n) is 4.90. The Morgan fingerprint density at radius 1 is 0.943 bits per heavy atom. The Hall–Kier alpha value is -3.91. The fourth-order valence-corrected chi connectivity index (χ4v) is 3.57. The van der Waals surface area contributed by atoms with E-state index in [2.05, 4.69) is 20.9 Å². The van der Waals surface area contributed by atoms with Crippen molar-refractivity contribution in [1.82, 2.24) is 0 Å². The average Bonchev–Trinajstić information content (AvgIpc) is 3.22. The van der Waals surface area contributed by atoms with Gasteiger partial charge in [-0.25, -0.2) is 14.6 Å². The maximum Gasteiger partial charge on any atom is 0.363 e. The molecule has 0 radical (unpaired) electrons. The van der Waals surface area contributed by atoms with Crippen molar-refractivity contribution in [2.45, 2.75) is 13.8 Å². The quantitative estimate of drug-likeness (QED) is 0.205. The second-order valence-electron chi connectivity index (χ2n) is 7.30. The van der Waals surface area contributed by atoms with Crippen LogP contribution in [0.3, 0.4) is 0 Å². The van der Waals surface area contributed by atoms with Gasteiger partial charge in [-0.3, -0.25) is 0 Å². The van der Waals surface area contributed by atoms with E-state index >= 15 is 0 Å². The van der Waals surface area contributed by atoms with Gasteiger partial charge in [0, 0.05) is 15.6 Å². The predicted molar refractivity (Wildman–Crippen MR) is 135 cm³/mol. The van der Waals surface area contributed by atoms with Crippen molar-refractivity contribution in [3.63, 3.8) is 0 Å². The Morgan fingerprint density at radius 3 is 2.40 bits per heavy atom. The van der Waals surface area contributed by atoms with Crippen molar-refractivity contribution >= 4 is 39.8 Å². The van der Waals surface area contributed by atoms with E-state index in [-0.39, 0.29) is 11.6 Å². The molecule has 0 aromatic heterocycles. The molecule has 178 valence electrons. The Labute approximate surface area is 211 Å². The molecular weight excluding hydrogens is 514 g/mol. The summed E-state index contributed by atoms with van der Waals surface area (Å²) in [6, 6.07) is 18.9. The van der Waals surface area contributed by atoms with Crippen LogP contribution < -0.4 is 14.2 Å². The van der Waals surface area contributed by atoms with Gasteiger partial charge in [-0.05, 0) is 68.5 Å². The Balaban J connectivity index is 1.60. The van der Waals surface area contributed by atoms with E-state index < -0.39 is 11.9 Å². The SMILES string of the molecule is CCOc1ccc(C2=N/C(=C\c3ccccc3OC(=O)c3ccc(Br)cc3)C(=O)O2)cc1OCC. The lowest BCUT2D eigenvalue weighted by Crippen LogP contribution is -2.09. The van der Waals surface area contributed by atoms with Crippen LogP contribution in [0, 0.1) is 0 Å². The van der Waals surface area contributed by atoms with Gasteiger partial charge < -0.3 is 18.9 Å². The smallest absolute Gasteiger partial charge is 0.363 e. The number of carbonyl (C=O) groups is 2. The number of benzene rings is 3. The van der Waals surface area contributed by atoms with Gasteiger partial charge in [0.25, 0.3) is 0 Å². The van der Waals surface area contributed by atoms with E-state index in [1.54, 1.807) is 66.7 Å². The third-order valence-corrected chi connectivity index (χ3v) is 5.43. The molecule has 0 saturated heterocycles. The molecule has 0 amide bonds. The molecule has 0 aliphatic carbocycles. The van der Waals surface area contributed by atoms with Gasteiger partial charge in [0.2, 0.25) is 5.90 Å². The predicted octanol–water partition coefficient (Wildman–Crippen LogP) is 5.81. The number of carbonyl (C=O) groups excluding carboxylic acids is 2. The average molecular weight is 536 g/mol. The molecule has 35 heavy (non-hydrogen) atoms. The number of halogens is 1. The largest absolute Gasteiger partial charge is 0.490 e. The van der Waals surface area contributed by atoms with Gasteiger partial charge in [-0.2, -0.15) is 0 Å². The standard InChI is InChI=1S/C27H22BrNO6/c1-3-32-23-14-11-19(16-24(23)33-4-2)25-29-21(27(31)35-25)15-18-7-5-6-8-22(18)34-26(30)17-9-12-20(28)13-10-17/h5-16H,3-4H2,1-2H3/b21-15-. The summed E-state index contributed by atoms with van der Waals surface area (Å²) >= 11 is 3.34. The molecule has 1 aliphatic heterocycles. The summed E-state index contributed by atoms with van der Waals surface area (Å²) in [6.45, 7) is 4.71. The van der Waals surface area contributed by atoms with Crippen LogP contribution in [-0.2, 0) is 9.53 Å². The summed E-state index contributed by atoms with van der Waals surface area (Å²) < 4.78 is 23.1. The number of esters is 2. The number of hydrogen-bond acceptors (Lipinski definition) is 7. The molecule has 0 saturated carbocycles. The molecule has 8 heteroatoms.